The van der Waals surface area contributed by atoms with Gasteiger partial charge in [-0.25, -0.2) is 9.59 Å². The number of carbonyl (C=O) groups is 3. The van der Waals surface area contributed by atoms with Gasteiger partial charge in [0.05, 0.1) is 19.0 Å². The standard InChI is InChI=1S/C18H21BF3NO8/c1-3-28-17(26)30-10(2)29-16(25)12-6-4-5-11-9-13(19(27)31-15(11)12)23-14(24)7-8-18(20,21)22/h4-6,10,13,27H,3,7-9H2,1-2H3,(H,23,24)/t10?,13-/m0/s1. The Morgan fingerprint density at radius 2 is 2.03 bits per heavy atom. The SMILES string of the molecule is CCOC(=O)OC(C)OC(=O)c1cccc2c1OB(O)[C@@H](NC(=O)CCC(F)(F)F)C2. The molecule has 0 fully saturated rings. The van der Waals surface area contributed by atoms with Crippen LogP contribution in [-0.2, 0) is 25.4 Å². The van der Waals surface area contributed by atoms with Gasteiger partial charge in [-0.2, -0.15) is 13.2 Å². The average molecular weight is 447 g/mol. The molecular weight excluding hydrogens is 426 g/mol. The molecule has 9 nitrogen and oxygen atoms in total. The van der Waals surface area contributed by atoms with Crippen molar-refractivity contribution in [3.63, 3.8) is 0 Å². The van der Waals surface area contributed by atoms with Gasteiger partial charge in [-0.05, 0) is 25.0 Å². The summed E-state index contributed by atoms with van der Waals surface area (Å²) in [7, 11) is -1.61. The third-order valence-electron chi connectivity index (χ3n) is 4.12. The van der Waals surface area contributed by atoms with Crippen molar-refractivity contribution in [3.8, 4) is 5.75 Å². The molecule has 0 saturated heterocycles. The van der Waals surface area contributed by atoms with E-state index in [1.54, 1.807) is 13.0 Å². The first-order valence-electron chi connectivity index (χ1n) is 9.37. The molecule has 13 heteroatoms. The molecule has 31 heavy (non-hydrogen) atoms. The second-order valence-electron chi connectivity index (χ2n) is 6.57. The zero-order valence-corrected chi connectivity index (χ0v) is 16.7. The number of ether oxygens (including phenoxy) is 3. The summed E-state index contributed by atoms with van der Waals surface area (Å²) in [5, 5.41) is 12.5. The van der Waals surface area contributed by atoms with E-state index in [0.29, 0.717) is 5.56 Å². The van der Waals surface area contributed by atoms with Crippen molar-refractivity contribution in [1.82, 2.24) is 5.32 Å². The normalized spacial score (nSPS) is 16.5. The van der Waals surface area contributed by atoms with Gasteiger partial charge in [-0.15, -0.1) is 0 Å². The zero-order chi connectivity index (χ0) is 23.2. The Labute approximate surface area is 175 Å². The van der Waals surface area contributed by atoms with Gasteiger partial charge in [0.2, 0.25) is 12.2 Å². The molecule has 2 atom stereocenters. The van der Waals surface area contributed by atoms with Crippen LogP contribution >= 0.6 is 0 Å². The summed E-state index contributed by atoms with van der Waals surface area (Å²) in [4.78, 5) is 35.4. The zero-order valence-electron chi connectivity index (χ0n) is 16.7. The van der Waals surface area contributed by atoms with Gasteiger partial charge in [0.1, 0.15) is 11.3 Å². The van der Waals surface area contributed by atoms with Crippen molar-refractivity contribution in [1.29, 1.82) is 0 Å². The van der Waals surface area contributed by atoms with E-state index in [-0.39, 0.29) is 24.3 Å². The second kappa shape index (κ2) is 10.4. The number of benzene rings is 1. The van der Waals surface area contributed by atoms with Gasteiger partial charge in [-0.1, -0.05) is 12.1 Å². The monoisotopic (exact) mass is 447 g/mol. The van der Waals surface area contributed by atoms with Crippen LogP contribution in [0.1, 0.15) is 42.6 Å². The van der Waals surface area contributed by atoms with Crippen LogP contribution in [0.4, 0.5) is 18.0 Å². The van der Waals surface area contributed by atoms with Crippen molar-refractivity contribution in [2.45, 2.75) is 51.5 Å². The fourth-order valence-electron chi connectivity index (χ4n) is 2.77. The molecule has 0 aliphatic carbocycles. The number of halogens is 3. The molecule has 2 N–H and O–H groups in total. The van der Waals surface area contributed by atoms with E-state index in [2.05, 4.69) is 10.1 Å². The smallest absolute Gasteiger partial charge is 0.534 e. The number of hydrogen-bond donors (Lipinski definition) is 2. The fraction of sp³-hybridized carbons (Fsp3) is 0.500. The maximum atomic E-state index is 12.4. The van der Waals surface area contributed by atoms with Crippen LogP contribution < -0.4 is 9.97 Å². The molecule has 0 radical (unpaired) electrons. The lowest BCUT2D eigenvalue weighted by atomic mass is 9.72. The lowest BCUT2D eigenvalue weighted by Gasteiger charge is -2.29. The van der Waals surface area contributed by atoms with E-state index >= 15 is 0 Å². The lowest BCUT2D eigenvalue weighted by molar-refractivity contribution is -0.144. The van der Waals surface area contributed by atoms with Crippen LogP contribution in [0.2, 0.25) is 0 Å². The summed E-state index contributed by atoms with van der Waals surface area (Å²) < 4.78 is 56.4. The number of carbonyl (C=O) groups excluding carboxylic acids is 3. The van der Waals surface area contributed by atoms with Crippen molar-refractivity contribution in [3.05, 3.63) is 29.3 Å². The van der Waals surface area contributed by atoms with Crippen LogP contribution in [0.3, 0.4) is 0 Å². The van der Waals surface area contributed by atoms with E-state index in [0.717, 1.165) is 0 Å². The number of rotatable bonds is 7. The summed E-state index contributed by atoms with van der Waals surface area (Å²) in [6.45, 7) is 2.95. The molecule has 0 saturated carbocycles. The number of hydrogen-bond acceptors (Lipinski definition) is 8. The highest BCUT2D eigenvalue weighted by atomic mass is 19.4. The highest BCUT2D eigenvalue weighted by molar-refractivity contribution is 6.47. The van der Waals surface area contributed by atoms with Crippen LogP contribution in [0.15, 0.2) is 18.2 Å². The van der Waals surface area contributed by atoms with E-state index in [4.69, 9.17) is 14.1 Å². The van der Waals surface area contributed by atoms with Gasteiger partial charge in [0.15, 0.2) is 0 Å². The molecule has 0 bridgehead atoms. The molecule has 1 heterocycles. The Morgan fingerprint density at radius 3 is 2.68 bits per heavy atom. The van der Waals surface area contributed by atoms with E-state index in [1.165, 1.54) is 19.1 Å². The number of fused-ring (bicyclic) bond motifs is 1. The third-order valence-corrected chi connectivity index (χ3v) is 4.12. The summed E-state index contributed by atoms with van der Waals surface area (Å²) in [6.07, 6.45) is -8.84. The molecule has 1 amide bonds. The Hall–Kier alpha value is -2.96. The summed E-state index contributed by atoms with van der Waals surface area (Å²) >= 11 is 0. The van der Waals surface area contributed by atoms with Crippen molar-refractivity contribution in [2.75, 3.05) is 6.61 Å². The van der Waals surface area contributed by atoms with E-state index < -0.39 is 56.4 Å². The number of para-hydroxylation sites is 1. The van der Waals surface area contributed by atoms with Crippen LogP contribution in [0, 0.1) is 0 Å². The number of amides is 1. The molecule has 1 aromatic carbocycles. The number of nitrogens with one attached hydrogen (secondary N) is 1. The Kier molecular flexibility index (Phi) is 8.14. The van der Waals surface area contributed by atoms with Crippen LogP contribution in [0.5, 0.6) is 5.75 Å². The van der Waals surface area contributed by atoms with Crippen LogP contribution in [-0.4, -0.2) is 55.2 Å². The van der Waals surface area contributed by atoms with Gasteiger partial charge in [0.25, 0.3) is 0 Å². The molecule has 1 aliphatic rings. The van der Waals surface area contributed by atoms with Gasteiger partial charge < -0.3 is 29.2 Å². The average Bonchev–Trinajstić information content (AvgIpc) is 2.66. The quantitative estimate of drug-likeness (QED) is 0.371. The third kappa shape index (κ3) is 7.35. The molecular formula is C18H21BF3NO8. The highest BCUT2D eigenvalue weighted by Gasteiger charge is 2.38. The molecule has 1 unspecified atom stereocenters. The lowest BCUT2D eigenvalue weighted by Crippen LogP contribution is -2.53. The summed E-state index contributed by atoms with van der Waals surface area (Å²) in [5.74, 6) is -2.82. The minimum absolute atomic E-state index is 0.00422. The summed E-state index contributed by atoms with van der Waals surface area (Å²) in [6, 6.07) is 4.41. The molecule has 1 aromatic rings. The molecule has 170 valence electrons. The Balaban J connectivity index is 2.03. The largest absolute Gasteiger partial charge is 0.547 e. The Morgan fingerprint density at radius 1 is 1.32 bits per heavy atom. The van der Waals surface area contributed by atoms with Gasteiger partial charge in [0, 0.05) is 13.3 Å². The maximum absolute atomic E-state index is 12.4. The second-order valence-corrected chi connectivity index (χ2v) is 6.57. The molecule has 0 spiro atoms. The van der Waals surface area contributed by atoms with Gasteiger partial charge in [-0.3, -0.25) is 4.79 Å². The van der Waals surface area contributed by atoms with Crippen LogP contribution in [0.25, 0.3) is 0 Å². The molecule has 1 aliphatic heterocycles. The predicted molar refractivity (Wildman–Crippen MR) is 99.0 cm³/mol. The first kappa shape index (κ1) is 24.3. The van der Waals surface area contributed by atoms with Crippen molar-refractivity contribution < 1.29 is 51.4 Å². The predicted octanol–water partition coefficient (Wildman–Crippen LogP) is 2.14. The topological polar surface area (TPSA) is 120 Å². The first-order chi connectivity index (χ1) is 14.5. The number of alkyl halides is 3. The maximum Gasteiger partial charge on any atom is 0.547 e. The molecule has 2 rings (SSSR count). The van der Waals surface area contributed by atoms with E-state index in [1.807, 2.05) is 0 Å². The van der Waals surface area contributed by atoms with Gasteiger partial charge >= 0.3 is 25.4 Å². The first-order valence-corrected chi connectivity index (χ1v) is 9.37. The minimum Gasteiger partial charge on any atom is -0.534 e. The Bertz CT molecular complexity index is 819. The summed E-state index contributed by atoms with van der Waals surface area (Å²) in [5.41, 5.74) is 0.345. The van der Waals surface area contributed by atoms with E-state index in [9.17, 15) is 32.6 Å². The highest BCUT2D eigenvalue weighted by Crippen LogP contribution is 2.31. The van der Waals surface area contributed by atoms with Crippen molar-refractivity contribution >= 4 is 25.2 Å². The number of esters is 1. The minimum atomic E-state index is -4.48. The van der Waals surface area contributed by atoms with Crippen molar-refractivity contribution in [2.24, 2.45) is 0 Å². The molecule has 0 aromatic heterocycles. The fourth-order valence-corrected chi connectivity index (χ4v) is 2.77.